The first-order valence-electron chi connectivity index (χ1n) is 7.04. The second-order valence-electron chi connectivity index (χ2n) is 5.74. The number of nitrogens with one attached hydrogen (secondary N) is 1. The minimum Gasteiger partial charge on any atom is -0.353 e. The standard InChI is InChI=1S/C14H12BrClF2N4/c15-10-9(17)3-8-12(11(10)18)20-14(16)21-13(8)22-4-6-1-2-7(5-22)19-6/h3,6-7,19H,1-2,4-5H2. The molecule has 1 N–H and O–H groups in total. The van der Waals surface area contributed by atoms with Crippen molar-refractivity contribution in [1.82, 2.24) is 15.3 Å². The maximum Gasteiger partial charge on any atom is 0.225 e. The summed E-state index contributed by atoms with van der Waals surface area (Å²) >= 11 is 8.85. The number of anilines is 1. The van der Waals surface area contributed by atoms with E-state index in [0.29, 0.717) is 23.3 Å². The van der Waals surface area contributed by atoms with Gasteiger partial charge in [0.25, 0.3) is 0 Å². The van der Waals surface area contributed by atoms with Gasteiger partial charge in [0.15, 0.2) is 5.82 Å². The molecule has 22 heavy (non-hydrogen) atoms. The molecule has 2 aliphatic heterocycles. The lowest BCUT2D eigenvalue weighted by Crippen LogP contribution is -2.51. The second-order valence-corrected chi connectivity index (χ2v) is 6.87. The van der Waals surface area contributed by atoms with E-state index in [-0.39, 0.29) is 15.3 Å². The molecule has 0 amide bonds. The fourth-order valence-electron chi connectivity index (χ4n) is 3.34. The molecule has 4 rings (SSSR count). The van der Waals surface area contributed by atoms with E-state index in [4.69, 9.17) is 11.6 Å². The predicted octanol–water partition coefficient (Wildman–Crippen LogP) is 3.26. The Morgan fingerprint density at radius 2 is 1.91 bits per heavy atom. The van der Waals surface area contributed by atoms with Crippen LogP contribution in [0.2, 0.25) is 5.28 Å². The quantitative estimate of drug-likeness (QED) is 0.600. The van der Waals surface area contributed by atoms with Gasteiger partial charge < -0.3 is 10.2 Å². The van der Waals surface area contributed by atoms with Crippen molar-refractivity contribution in [3.8, 4) is 0 Å². The Labute approximate surface area is 139 Å². The van der Waals surface area contributed by atoms with Crippen molar-refractivity contribution in [3.05, 3.63) is 27.5 Å². The van der Waals surface area contributed by atoms with Gasteiger partial charge in [0.2, 0.25) is 5.28 Å². The van der Waals surface area contributed by atoms with Crippen LogP contribution in [-0.2, 0) is 0 Å². The highest BCUT2D eigenvalue weighted by atomic mass is 79.9. The summed E-state index contributed by atoms with van der Waals surface area (Å²) in [6, 6.07) is 2.03. The molecule has 2 aliphatic rings. The third kappa shape index (κ3) is 2.26. The van der Waals surface area contributed by atoms with E-state index in [0.717, 1.165) is 25.9 Å². The van der Waals surface area contributed by atoms with Crippen molar-refractivity contribution in [2.24, 2.45) is 0 Å². The van der Waals surface area contributed by atoms with Crippen LogP contribution in [0.4, 0.5) is 14.6 Å². The summed E-state index contributed by atoms with van der Waals surface area (Å²) in [5.74, 6) is -0.923. The molecule has 116 valence electrons. The third-order valence-electron chi connectivity index (χ3n) is 4.30. The van der Waals surface area contributed by atoms with Crippen LogP contribution in [0.15, 0.2) is 10.5 Å². The lowest BCUT2D eigenvalue weighted by atomic mass is 10.1. The number of halogens is 4. The number of rotatable bonds is 1. The number of nitrogens with zero attached hydrogens (tertiary/aromatic N) is 3. The zero-order chi connectivity index (χ0) is 15.4. The molecule has 1 aromatic carbocycles. The molecule has 2 atom stereocenters. The molecular weight excluding hydrogens is 378 g/mol. The van der Waals surface area contributed by atoms with Gasteiger partial charge in [-0.15, -0.1) is 0 Å². The van der Waals surface area contributed by atoms with Gasteiger partial charge >= 0.3 is 0 Å². The van der Waals surface area contributed by atoms with Gasteiger partial charge in [-0.3, -0.25) is 0 Å². The first kappa shape index (κ1) is 14.5. The lowest BCUT2D eigenvalue weighted by Gasteiger charge is -2.34. The van der Waals surface area contributed by atoms with Crippen molar-refractivity contribution >= 4 is 44.3 Å². The molecule has 0 spiro atoms. The van der Waals surface area contributed by atoms with Crippen LogP contribution < -0.4 is 10.2 Å². The van der Waals surface area contributed by atoms with Crippen molar-refractivity contribution in [1.29, 1.82) is 0 Å². The highest BCUT2D eigenvalue weighted by Gasteiger charge is 2.34. The Hall–Kier alpha value is -1.05. The number of aromatic nitrogens is 2. The van der Waals surface area contributed by atoms with Crippen LogP contribution in [0.5, 0.6) is 0 Å². The van der Waals surface area contributed by atoms with Crippen molar-refractivity contribution in [2.45, 2.75) is 24.9 Å². The Kier molecular flexibility index (Phi) is 3.47. The number of hydrogen-bond donors (Lipinski definition) is 1. The van der Waals surface area contributed by atoms with Gasteiger partial charge in [-0.05, 0) is 46.4 Å². The number of fused-ring (bicyclic) bond motifs is 3. The molecule has 2 unspecified atom stereocenters. The van der Waals surface area contributed by atoms with Crippen LogP contribution in [0.25, 0.3) is 10.9 Å². The van der Waals surface area contributed by atoms with E-state index in [2.05, 4.69) is 31.2 Å². The van der Waals surface area contributed by atoms with Gasteiger partial charge in [0.1, 0.15) is 17.2 Å². The molecule has 0 aliphatic carbocycles. The Morgan fingerprint density at radius 3 is 2.59 bits per heavy atom. The van der Waals surface area contributed by atoms with Crippen LogP contribution in [0.3, 0.4) is 0 Å². The summed E-state index contributed by atoms with van der Waals surface area (Å²) in [5, 5.41) is 3.83. The van der Waals surface area contributed by atoms with E-state index < -0.39 is 11.6 Å². The molecule has 2 aromatic rings. The SMILES string of the molecule is Fc1cc2c(N3CC4CCC(C3)N4)nc(Cl)nc2c(F)c1Br. The molecule has 2 fully saturated rings. The van der Waals surface area contributed by atoms with Crippen LogP contribution in [0.1, 0.15) is 12.8 Å². The van der Waals surface area contributed by atoms with Crippen molar-refractivity contribution in [2.75, 3.05) is 18.0 Å². The molecule has 2 saturated heterocycles. The number of hydrogen-bond acceptors (Lipinski definition) is 4. The fraction of sp³-hybridized carbons (Fsp3) is 0.429. The topological polar surface area (TPSA) is 41.0 Å². The summed E-state index contributed by atoms with van der Waals surface area (Å²) < 4.78 is 28.0. The first-order chi connectivity index (χ1) is 10.5. The normalized spacial score (nSPS) is 24.3. The summed E-state index contributed by atoms with van der Waals surface area (Å²) in [5.41, 5.74) is 0.0363. The first-order valence-corrected chi connectivity index (χ1v) is 8.22. The average molecular weight is 390 g/mol. The number of benzene rings is 1. The lowest BCUT2D eigenvalue weighted by molar-refractivity contribution is 0.464. The highest BCUT2D eigenvalue weighted by molar-refractivity contribution is 9.10. The minimum absolute atomic E-state index is 0.0363. The van der Waals surface area contributed by atoms with E-state index >= 15 is 0 Å². The van der Waals surface area contributed by atoms with Crippen LogP contribution in [-0.4, -0.2) is 35.1 Å². The average Bonchev–Trinajstić information content (AvgIpc) is 2.84. The highest BCUT2D eigenvalue weighted by Crippen LogP contribution is 2.34. The summed E-state index contributed by atoms with van der Waals surface area (Å²) in [7, 11) is 0. The second kappa shape index (κ2) is 5.25. The van der Waals surface area contributed by atoms with Crippen LogP contribution >= 0.6 is 27.5 Å². The van der Waals surface area contributed by atoms with Crippen LogP contribution in [0, 0.1) is 11.6 Å². The van der Waals surface area contributed by atoms with Gasteiger partial charge in [0, 0.05) is 30.6 Å². The summed E-state index contributed by atoms with van der Waals surface area (Å²) in [4.78, 5) is 10.2. The van der Waals surface area contributed by atoms with Gasteiger partial charge in [-0.2, -0.15) is 4.98 Å². The Morgan fingerprint density at radius 1 is 1.23 bits per heavy atom. The molecule has 3 heterocycles. The molecular formula is C14H12BrClF2N4. The van der Waals surface area contributed by atoms with E-state index in [1.807, 2.05) is 4.90 Å². The summed E-state index contributed by atoms with van der Waals surface area (Å²) in [6.07, 6.45) is 2.21. The predicted molar refractivity (Wildman–Crippen MR) is 84.3 cm³/mol. The molecule has 8 heteroatoms. The smallest absolute Gasteiger partial charge is 0.225 e. The third-order valence-corrected chi connectivity index (χ3v) is 5.19. The van der Waals surface area contributed by atoms with Crippen molar-refractivity contribution < 1.29 is 8.78 Å². The van der Waals surface area contributed by atoms with E-state index in [9.17, 15) is 8.78 Å². The minimum atomic E-state index is -0.751. The summed E-state index contributed by atoms with van der Waals surface area (Å²) in [6.45, 7) is 1.50. The van der Waals surface area contributed by atoms with Crippen molar-refractivity contribution in [3.63, 3.8) is 0 Å². The molecule has 1 aromatic heterocycles. The molecule has 0 saturated carbocycles. The zero-order valence-electron chi connectivity index (χ0n) is 11.4. The van der Waals surface area contributed by atoms with E-state index in [1.165, 1.54) is 6.07 Å². The molecule has 0 radical (unpaired) electrons. The fourth-order valence-corrected chi connectivity index (χ4v) is 3.81. The Balaban J connectivity index is 1.90. The Bertz CT molecular complexity index is 760. The largest absolute Gasteiger partial charge is 0.353 e. The number of piperazine rings is 1. The van der Waals surface area contributed by atoms with Gasteiger partial charge in [-0.25, -0.2) is 13.8 Å². The van der Waals surface area contributed by atoms with Gasteiger partial charge in [0.05, 0.1) is 4.47 Å². The van der Waals surface area contributed by atoms with E-state index in [1.54, 1.807) is 0 Å². The maximum atomic E-state index is 14.3. The monoisotopic (exact) mass is 388 g/mol. The molecule has 2 bridgehead atoms. The van der Waals surface area contributed by atoms with Gasteiger partial charge in [-0.1, -0.05) is 0 Å². The zero-order valence-corrected chi connectivity index (χ0v) is 13.8. The maximum absolute atomic E-state index is 14.3. The molecule has 4 nitrogen and oxygen atoms in total.